The van der Waals surface area contributed by atoms with Crippen LogP contribution < -0.4 is 18.9 Å². The summed E-state index contributed by atoms with van der Waals surface area (Å²) in [5.41, 5.74) is 2.55. The van der Waals surface area contributed by atoms with E-state index in [9.17, 15) is 4.79 Å². The second-order valence-electron chi connectivity index (χ2n) is 8.16. The van der Waals surface area contributed by atoms with Crippen molar-refractivity contribution < 1.29 is 28.5 Å². The molecule has 0 unspecified atom stereocenters. The number of benzene rings is 3. The monoisotopic (exact) mass is 549 g/mol. The van der Waals surface area contributed by atoms with Crippen LogP contribution >= 0.6 is 23.4 Å². The first-order valence-electron chi connectivity index (χ1n) is 11.5. The van der Waals surface area contributed by atoms with E-state index in [4.69, 9.17) is 35.3 Å². The molecule has 1 aromatic heterocycles. The van der Waals surface area contributed by atoms with Crippen molar-refractivity contribution in [2.45, 2.75) is 4.90 Å². The minimum Gasteiger partial charge on any atom is -0.497 e. The molecule has 0 fully saturated rings. The number of fused-ring (bicyclic) bond motifs is 3. The van der Waals surface area contributed by atoms with Gasteiger partial charge in [-0.2, -0.15) is 0 Å². The molecule has 194 valence electrons. The Morgan fingerprint density at radius 1 is 0.816 bits per heavy atom. The number of aromatic nitrogens is 1. The largest absolute Gasteiger partial charge is 0.497 e. The Morgan fingerprint density at radius 3 is 2.13 bits per heavy atom. The summed E-state index contributed by atoms with van der Waals surface area (Å²) < 4.78 is 29.9. The first-order chi connectivity index (χ1) is 18.5. The Labute approximate surface area is 229 Å². The summed E-state index contributed by atoms with van der Waals surface area (Å²) in [6.07, 6.45) is 1.91. The third kappa shape index (κ3) is 4.68. The molecule has 9 heteroatoms. The Balaban J connectivity index is 1.70. The number of esters is 1. The van der Waals surface area contributed by atoms with Crippen molar-refractivity contribution in [1.82, 2.24) is 4.57 Å². The van der Waals surface area contributed by atoms with Crippen LogP contribution in [0.3, 0.4) is 0 Å². The molecular weight excluding hydrogens is 526 g/mol. The molecule has 0 atom stereocenters. The standard InChI is InChI=1S/C29H24ClNO6S/c1-33-19-10-7-17(8-11-19)28-27(21-6-5-13-31(21)22-14-18(30)9-12-25(22)38-28)37-29(32)26-23(35-3)15-20(34-2)16-24(26)36-4/h5-16H,1-4H3. The van der Waals surface area contributed by atoms with E-state index in [-0.39, 0.29) is 17.1 Å². The zero-order valence-electron chi connectivity index (χ0n) is 21.1. The van der Waals surface area contributed by atoms with E-state index >= 15 is 0 Å². The van der Waals surface area contributed by atoms with Gasteiger partial charge in [-0.05, 0) is 48.0 Å². The Morgan fingerprint density at radius 2 is 1.50 bits per heavy atom. The van der Waals surface area contributed by atoms with Gasteiger partial charge in [-0.3, -0.25) is 0 Å². The molecule has 2 heterocycles. The number of nitrogens with zero attached hydrogens (tertiary/aromatic N) is 1. The third-order valence-electron chi connectivity index (χ3n) is 6.05. The van der Waals surface area contributed by atoms with Gasteiger partial charge in [0.15, 0.2) is 5.76 Å². The van der Waals surface area contributed by atoms with E-state index in [0.717, 1.165) is 26.8 Å². The molecule has 0 N–H and O–H groups in total. The van der Waals surface area contributed by atoms with E-state index in [1.165, 1.54) is 33.1 Å². The zero-order valence-corrected chi connectivity index (χ0v) is 22.7. The van der Waals surface area contributed by atoms with E-state index in [1.807, 2.05) is 65.4 Å². The third-order valence-corrected chi connectivity index (χ3v) is 7.47. The fourth-order valence-electron chi connectivity index (χ4n) is 4.20. The van der Waals surface area contributed by atoms with E-state index in [2.05, 4.69) is 0 Å². The lowest BCUT2D eigenvalue weighted by Gasteiger charge is -2.17. The van der Waals surface area contributed by atoms with Crippen LogP contribution in [0.2, 0.25) is 5.02 Å². The quantitative estimate of drug-likeness (QED) is 0.231. The lowest BCUT2D eigenvalue weighted by Crippen LogP contribution is -2.11. The summed E-state index contributed by atoms with van der Waals surface area (Å²) in [5, 5.41) is 0.600. The van der Waals surface area contributed by atoms with Crippen molar-refractivity contribution in [2.75, 3.05) is 28.4 Å². The molecule has 5 rings (SSSR count). The molecule has 0 bridgehead atoms. The molecule has 0 aliphatic carbocycles. The fraction of sp³-hybridized carbons (Fsp3) is 0.138. The lowest BCUT2D eigenvalue weighted by molar-refractivity contribution is 0.0685. The topological polar surface area (TPSA) is 68.2 Å². The van der Waals surface area contributed by atoms with Crippen molar-refractivity contribution >= 4 is 40.0 Å². The molecule has 3 aromatic carbocycles. The number of methoxy groups -OCH3 is 4. The van der Waals surface area contributed by atoms with Crippen LogP contribution in [-0.4, -0.2) is 39.0 Å². The van der Waals surface area contributed by atoms with Crippen molar-refractivity contribution in [2.24, 2.45) is 0 Å². The molecule has 7 nitrogen and oxygen atoms in total. The highest BCUT2D eigenvalue weighted by molar-refractivity contribution is 8.08. The molecular formula is C29H24ClNO6S. The first kappa shape index (κ1) is 25.6. The van der Waals surface area contributed by atoms with Gasteiger partial charge in [0.1, 0.15) is 28.6 Å². The normalized spacial score (nSPS) is 12.2. The number of halogens is 1. The number of rotatable bonds is 7. The Kier molecular flexibility index (Phi) is 7.26. The number of thioether (sulfide) groups is 1. The summed E-state index contributed by atoms with van der Waals surface area (Å²) >= 11 is 7.85. The zero-order chi connectivity index (χ0) is 26.8. The van der Waals surface area contributed by atoms with Crippen LogP contribution in [0.1, 0.15) is 21.6 Å². The van der Waals surface area contributed by atoms with Gasteiger partial charge in [0.2, 0.25) is 0 Å². The minimum atomic E-state index is -0.639. The number of carbonyl (C=O) groups excluding carboxylic acids is 1. The van der Waals surface area contributed by atoms with Crippen LogP contribution in [0.4, 0.5) is 0 Å². The molecule has 0 spiro atoms. The Bertz CT molecular complexity index is 1520. The molecule has 0 amide bonds. The van der Waals surface area contributed by atoms with Crippen LogP contribution in [0, 0.1) is 0 Å². The highest BCUT2D eigenvalue weighted by atomic mass is 35.5. The van der Waals surface area contributed by atoms with E-state index in [1.54, 1.807) is 19.2 Å². The number of ether oxygens (including phenoxy) is 5. The van der Waals surface area contributed by atoms with Gasteiger partial charge in [-0.1, -0.05) is 35.5 Å². The van der Waals surface area contributed by atoms with Gasteiger partial charge in [-0.15, -0.1) is 0 Å². The van der Waals surface area contributed by atoms with Crippen LogP contribution in [0.25, 0.3) is 16.4 Å². The van der Waals surface area contributed by atoms with Gasteiger partial charge in [0.25, 0.3) is 0 Å². The lowest BCUT2D eigenvalue weighted by atomic mass is 10.1. The van der Waals surface area contributed by atoms with Gasteiger partial charge in [0.05, 0.1) is 44.7 Å². The van der Waals surface area contributed by atoms with Crippen LogP contribution in [0.15, 0.2) is 77.8 Å². The molecule has 4 aromatic rings. The number of carbonyl (C=O) groups is 1. The maximum atomic E-state index is 13.8. The van der Waals surface area contributed by atoms with Gasteiger partial charge in [0, 0.05) is 28.2 Å². The second-order valence-corrected chi connectivity index (χ2v) is 9.65. The smallest absolute Gasteiger partial charge is 0.351 e. The number of hydrogen-bond donors (Lipinski definition) is 0. The van der Waals surface area contributed by atoms with Crippen LogP contribution in [-0.2, 0) is 4.74 Å². The predicted molar refractivity (Wildman–Crippen MR) is 148 cm³/mol. The highest BCUT2D eigenvalue weighted by Gasteiger charge is 2.29. The SMILES string of the molecule is COc1ccc(C2=C(OC(=O)c3c(OC)cc(OC)cc3OC)c3cccn3-c3cc(Cl)ccc3S2)cc1. The summed E-state index contributed by atoms with van der Waals surface area (Å²) in [5.74, 6) is 1.48. The molecule has 0 saturated carbocycles. The average molecular weight is 550 g/mol. The van der Waals surface area contributed by atoms with E-state index < -0.39 is 5.97 Å². The minimum absolute atomic E-state index is 0.144. The summed E-state index contributed by atoms with van der Waals surface area (Å²) in [6, 6.07) is 20.3. The van der Waals surface area contributed by atoms with Crippen molar-refractivity contribution in [3.8, 4) is 28.7 Å². The van der Waals surface area contributed by atoms with Crippen molar-refractivity contribution in [3.05, 3.63) is 94.8 Å². The summed E-state index contributed by atoms with van der Waals surface area (Å²) in [4.78, 5) is 15.5. The molecule has 1 aliphatic heterocycles. The highest BCUT2D eigenvalue weighted by Crippen LogP contribution is 2.47. The first-order valence-corrected chi connectivity index (χ1v) is 12.7. The average Bonchev–Trinajstić information content (AvgIpc) is 3.40. The fourth-order valence-corrected chi connectivity index (χ4v) is 5.47. The van der Waals surface area contributed by atoms with Gasteiger partial charge in [-0.25, -0.2) is 4.79 Å². The molecule has 38 heavy (non-hydrogen) atoms. The van der Waals surface area contributed by atoms with Gasteiger partial charge < -0.3 is 28.3 Å². The maximum Gasteiger partial charge on any atom is 0.351 e. The van der Waals surface area contributed by atoms with Gasteiger partial charge >= 0.3 is 5.97 Å². The molecule has 0 saturated heterocycles. The second kappa shape index (κ2) is 10.8. The van der Waals surface area contributed by atoms with E-state index in [0.29, 0.717) is 22.2 Å². The molecule has 0 radical (unpaired) electrons. The van der Waals surface area contributed by atoms with Crippen molar-refractivity contribution in [3.63, 3.8) is 0 Å². The predicted octanol–water partition coefficient (Wildman–Crippen LogP) is 6.95. The summed E-state index contributed by atoms with van der Waals surface area (Å²) in [7, 11) is 6.09. The van der Waals surface area contributed by atoms with Crippen molar-refractivity contribution in [1.29, 1.82) is 0 Å². The van der Waals surface area contributed by atoms with Crippen LogP contribution in [0.5, 0.6) is 23.0 Å². The number of hydrogen-bond acceptors (Lipinski definition) is 7. The Hall–Kier alpha value is -4.01. The molecule has 1 aliphatic rings. The maximum absolute atomic E-state index is 13.8. The summed E-state index contributed by atoms with van der Waals surface area (Å²) in [6.45, 7) is 0.